The second-order valence-corrected chi connectivity index (χ2v) is 2.26. The molecule has 1 rings (SSSR count). The van der Waals surface area contributed by atoms with Gasteiger partial charge in [0.05, 0.1) is 12.3 Å². The van der Waals surface area contributed by atoms with Crippen molar-refractivity contribution in [3.8, 4) is 5.75 Å². The first kappa shape index (κ1) is 8.80. The maximum absolute atomic E-state index is 12.7. The molecule has 0 aromatic heterocycles. The maximum Gasteiger partial charge on any atom is 0.149 e. The molecule has 0 fully saturated rings. The first-order chi connectivity index (χ1) is 5.74. The Morgan fingerprint density at radius 1 is 1.50 bits per heavy atom. The number of rotatable bonds is 3. The molecule has 3 N–H and O–H groups in total. The average Bonchev–Trinajstić information content (AvgIpc) is 2.07. The standard InChI is InChI=1S/C8H10FNO2/c9-7-5-6(12-4-3-11)1-2-8(7)10/h1-2,5,11H,3-4,10H2. The van der Waals surface area contributed by atoms with Crippen LogP contribution in [0.5, 0.6) is 5.75 Å². The number of aliphatic hydroxyl groups excluding tert-OH is 1. The summed E-state index contributed by atoms with van der Waals surface area (Å²) in [7, 11) is 0. The lowest BCUT2D eigenvalue weighted by Crippen LogP contribution is -2.02. The van der Waals surface area contributed by atoms with Crippen molar-refractivity contribution in [1.82, 2.24) is 0 Å². The summed E-state index contributed by atoms with van der Waals surface area (Å²) in [5.74, 6) is -0.138. The lowest BCUT2D eigenvalue weighted by Gasteiger charge is -2.04. The van der Waals surface area contributed by atoms with Crippen molar-refractivity contribution in [3.63, 3.8) is 0 Å². The fourth-order valence-corrected chi connectivity index (χ4v) is 0.761. The molecule has 12 heavy (non-hydrogen) atoms. The van der Waals surface area contributed by atoms with Gasteiger partial charge in [-0.05, 0) is 12.1 Å². The van der Waals surface area contributed by atoms with Crippen molar-refractivity contribution in [1.29, 1.82) is 0 Å². The van der Waals surface area contributed by atoms with E-state index in [1.54, 1.807) is 6.07 Å². The van der Waals surface area contributed by atoms with Gasteiger partial charge in [-0.1, -0.05) is 0 Å². The maximum atomic E-state index is 12.7. The van der Waals surface area contributed by atoms with Gasteiger partial charge in [0.2, 0.25) is 0 Å². The minimum Gasteiger partial charge on any atom is -0.491 e. The average molecular weight is 171 g/mol. The van der Waals surface area contributed by atoms with Crippen LogP contribution in [-0.2, 0) is 0 Å². The lowest BCUT2D eigenvalue weighted by atomic mass is 10.3. The molecular weight excluding hydrogens is 161 g/mol. The summed E-state index contributed by atoms with van der Waals surface area (Å²) in [5.41, 5.74) is 5.33. The quantitative estimate of drug-likeness (QED) is 0.661. The van der Waals surface area contributed by atoms with E-state index in [1.807, 2.05) is 0 Å². The van der Waals surface area contributed by atoms with Gasteiger partial charge in [-0.25, -0.2) is 4.39 Å². The van der Waals surface area contributed by atoms with Crippen LogP contribution in [0.25, 0.3) is 0 Å². The highest BCUT2D eigenvalue weighted by Crippen LogP contribution is 2.17. The summed E-state index contributed by atoms with van der Waals surface area (Å²) < 4.78 is 17.7. The van der Waals surface area contributed by atoms with E-state index >= 15 is 0 Å². The van der Waals surface area contributed by atoms with Crippen molar-refractivity contribution in [3.05, 3.63) is 24.0 Å². The first-order valence-corrected chi connectivity index (χ1v) is 3.52. The third kappa shape index (κ3) is 2.10. The Morgan fingerprint density at radius 3 is 2.83 bits per heavy atom. The molecular formula is C8H10FNO2. The van der Waals surface area contributed by atoms with Crippen LogP contribution in [0.3, 0.4) is 0 Å². The number of hydrogen-bond donors (Lipinski definition) is 2. The highest BCUT2D eigenvalue weighted by Gasteiger charge is 1.99. The predicted molar refractivity (Wildman–Crippen MR) is 43.4 cm³/mol. The normalized spacial score (nSPS) is 9.83. The Morgan fingerprint density at radius 2 is 2.25 bits per heavy atom. The third-order valence-corrected chi connectivity index (χ3v) is 1.33. The Balaban J connectivity index is 2.69. The van der Waals surface area contributed by atoms with E-state index in [0.717, 1.165) is 0 Å². The molecule has 0 saturated heterocycles. The molecule has 66 valence electrons. The second kappa shape index (κ2) is 3.92. The van der Waals surface area contributed by atoms with E-state index in [9.17, 15) is 4.39 Å². The molecule has 0 saturated carbocycles. The fourth-order valence-electron chi connectivity index (χ4n) is 0.761. The molecule has 1 aromatic rings. The van der Waals surface area contributed by atoms with Crippen LogP contribution in [0, 0.1) is 5.82 Å². The molecule has 0 amide bonds. The molecule has 0 atom stereocenters. The molecule has 0 radical (unpaired) electrons. The third-order valence-electron chi connectivity index (χ3n) is 1.33. The van der Waals surface area contributed by atoms with E-state index < -0.39 is 5.82 Å². The summed E-state index contributed by atoms with van der Waals surface area (Å²) in [6.07, 6.45) is 0. The van der Waals surface area contributed by atoms with Crippen molar-refractivity contribution in [2.75, 3.05) is 18.9 Å². The number of halogens is 1. The van der Waals surface area contributed by atoms with Gasteiger partial charge in [0.25, 0.3) is 0 Å². The van der Waals surface area contributed by atoms with Crippen LogP contribution < -0.4 is 10.5 Å². The molecule has 3 nitrogen and oxygen atoms in total. The second-order valence-electron chi connectivity index (χ2n) is 2.26. The van der Waals surface area contributed by atoms with E-state index in [2.05, 4.69) is 0 Å². The lowest BCUT2D eigenvalue weighted by molar-refractivity contribution is 0.201. The van der Waals surface area contributed by atoms with Gasteiger partial charge in [0, 0.05) is 6.07 Å². The number of nitrogen functional groups attached to an aromatic ring is 1. The summed E-state index contributed by atoms with van der Waals surface area (Å²) in [5, 5.41) is 8.41. The largest absolute Gasteiger partial charge is 0.491 e. The van der Waals surface area contributed by atoms with E-state index in [4.69, 9.17) is 15.6 Å². The molecule has 0 unspecified atom stereocenters. The molecule has 1 aromatic carbocycles. The number of benzene rings is 1. The van der Waals surface area contributed by atoms with Crippen molar-refractivity contribution >= 4 is 5.69 Å². The Bertz CT molecular complexity index is 265. The van der Waals surface area contributed by atoms with Crippen molar-refractivity contribution < 1.29 is 14.2 Å². The van der Waals surface area contributed by atoms with Crippen LogP contribution in [0.1, 0.15) is 0 Å². The van der Waals surface area contributed by atoms with E-state index in [0.29, 0.717) is 5.75 Å². The van der Waals surface area contributed by atoms with Gasteiger partial charge in [-0.3, -0.25) is 0 Å². The SMILES string of the molecule is Nc1ccc(OCCO)cc1F. The monoisotopic (exact) mass is 171 g/mol. The molecule has 4 heteroatoms. The van der Waals surface area contributed by atoms with Crippen LogP contribution in [-0.4, -0.2) is 18.3 Å². The summed E-state index contributed by atoms with van der Waals surface area (Å²) in [6, 6.07) is 4.15. The van der Waals surface area contributed by atoms with Gasteiger partial charge < -0.3 is 15.6 Å². The fraction of sp³-hybridized carbons (Fsp3) is 0.250. The number of hydrogen-bond acceptors (Lipinski definition) is 3. The first-order valence-electron chi connectivity index (χ1n) is 3.52. The highest BCUT2D eigenvalue weighted by atomic mass is 19.1. The van der Waals surface area contributed by atoms with Gasteiger partial charge in [0.15, 0.2) is 0 Å². The Hall–Kier alpha value is -1.29. The van der Waals surface area contributed by atoms with Crippen LogP contribution in [0.4, 0.5) is 10.1 Å². The molecule has 0 aliphatic heterocycles. The number of anilines is 1. The molecule has 0 heterocycles. The molecule has 0 spiro atoms. The zero-order valence-corrected chi connectivity index (χ0v) is 6.46. The van der Waals surface area contributed by atoms with Gasteiger partial charge in [0.1, 0.15) is 18.2 Å². The van der Waals surface area contributed by atoms with Crippen molar-refractivity contribution in [2.45, 2.75) is 0 Å². The summed E-state index contributed by atoms with van der Waals surface area (Å²) in [4.78, 5) is 0. The van der Waals surface area contributed by atoms with Crippen molar-refractivity contribution in [2.24, 2.45) is 0 Å². The minimum absolute atomic E-state index is 0.0892. The zero-order valence-electron chi connectivity index (χ0n) is 6.46. The minimum atomic E-state index is -0.509. The van der Waals surface area contributed by atoms with Crippen LogP contribution in [0.15, 0.2) is 18.2 Å². The number of ether oxygens (including phenoxy) is 1. The highest BCUT2D eigenvalue weighted by molar-refractivity contribution is 5.43. The van der Waals surface area contributed by atoms with Gasteiger partial charge >= 0.3 is 0 Å². The molecule has 0 bridgehead atoms. The van der Waals surface area contributed by atoms with Crippen LogP contribution >= 0.6 is 0 Å². The smallest absolute Gasteiger partial charge is 0.149 e. The van der Waals surface area contributed by atoms with Gasteiger partial charge in [-0.15, -0.1) is 0 Å². The number of nitrogens with two attached hydrogens (primary N) is 1. The number of aliphatic hydroxyl groups is 1. The summed E-state index contributed by atoms with van der Waals surface area (Å²) >= 11 is 0. The topological polar surface area (TPSA) is 55.5 Å². The van der Waals surface area contributed by atoms with E-state index in [-0.39, 0.29) is 18.9 Å². The zero-order chi connectivity index (χ0) is 8.97. The molecule has 0 aliphatic carbocycles. The van der Waals surface area contributed by atoms with E-state index in [1.165, 1.54) is 12.1 Å². The van der Waals surface area contributed by atoms with Gasteiger partial charge in [-0.2, -0.15) is 0 Å². The summed E-state index contributed by atoms with van der Waals surface area (Å²) in [6.45, 7) is 0.0648. The van der Waals surface area contributed by atoms with Crippen LogP contribution in [0.2, 0.25) is 0 Å². The Kier molecular flexibility index (Phi) is 2.88. The Labute approximate surface area is 69.6 Å². The predicted octanol–water partition coefficient (Wildman–Crippen LogP) is 0.779. The molecule has 0 aliphatic rings.